The van der Waals surface area contributed by atoms with Crippen LogP contribution in [0.4, 0.5) is 0 Å². The van der Waals surface area contributed by atoms with Crippen molar-refractivity contribution >= 4 is 0 Å². The van der Waals surface area contributed by atoms with Gasteiger partial charge in [-0.1, -0.05) is 37.8 Å². The molecule has 0 radical (unpaired) electrons. The maximum Gasteiger partial charge on any atom is 0.231 e. The molecule has 5 heteroatoms. The van der Waals surface area contributed by atoms with Crippen LogP contribution in [-0.2, 0) is 4.74 Å². The van der Waals surface area contributed by atoms with Crippen molar-refractivity contribution in [3.05, 3.63) is 11.7 Å². The highest BCUT2D eigenvalue weighted by Crippen LogP contribution is 2.32. The molecule has 2 rings (SSSR count). The molecule has 3 unspecified atom stereocenters. The number of hydrogen-bond donors (Lipinski definition) is 1. The zero-order chi connectivity index (χ0) is 15.1. The predicted molar refractivity (Wildman–Crippen MR) is 82.2 cm³/mol. The summed E-state index contributed by atoms with van der Waals surface area (Å²) in [6.45, 7) is 4.83. The summed E-state index contributed by atoms with van der Waals surface area (Å²) < 4.78 is 11.3. The molecule has 1 N–H and O–H groups in total. The first-order valence-corrected chi connectivity index (χ1v) is 8.42. The summed E-state index contributed by atoms with van der Waals surface area (Å²) in [5.74, 6) is 1.84. The summed E-state index contributed by atoms with van der Waals surface area (Å²) in [4.78, 5) is 4.67. The fraction of sp³-hybridized carbons (Fsp3) is 0.875. The van der Waals surface area contributed by atoms with Crippen molar-refractivity contribution in [2.45, 2.75) is 76.9 Å². The molecule has 1 aromatic heterocycles. The van der Waals surface area contributed by atoms with E-state index in [4.69, 9.17) is 9.26 Å². The number of hydrogen-bond acceptors (Lipinski definition) is 5. The fourth-order valence-electron chi connectivity index (χ4n) is 3.23. The zero-order valence-electron chi connectivity index (χ0n) is 13.6. The van der Waals surface area contributed by atoms with Crippen molar-refractivity contribution in [3.63, 3.8) is 0 Å². The van der Waals surface area contributed by atoms with Crippen LogP contribution in [0.1, 0.15) is 82.5 Å². The average molecular weight is 295 g/mol. The number of likely N-dealkylation sites (N-methyl/N-ethyl adjacent to an activating group) is 1. The molecular formula is C16H29N3O2. The van der Waals surface area contributed by atoms with Crippen LogP contribution in [0.2, 0.25) is 0 Å². The maximum atomic E-state index is 5.75. The van der Waals surface area contributed by atoms with Crippen molar-refractivity contribution in [3.8, 4) is 0 Å². The van der Waals surface area contributed by atoms with Crippen LogP contribution >= 0.6 is 0 Å². The molecule has 0 amide bonds. The van der Waals surface area contributed by atoms with Gasteiger partial charge in [0.2, 0.25) is 11.7 Å². The second kappa shape index (κ2) is 8.49. The minimum atomic E-state index is -0.0312. The number of aromatic nitrogens is 2. The zero-order valence-corrected chi connectivity index (χ0v) is 13.6. The van der Waals surface area contributed by atoms with E-state index in [1.165, 1.54) is 25.7 Å². The second-order valence-corrected chi connectivity index (χ2v) is 5.86. The Morgan fingerprint density at radius 1 is 1.29 bits per heavy atom. The van der Waals surface area contributed by atoms with Crippen LogP contribution in [0.15, 0.2) is 4.52 Å². The molecule has 0 saturated heterocycles. The molecule has 1 heterocycles. The topological polar surface area (TPSA) is 60.2 Å². The van der Waals surface area contributed by atoms with Crippen LogP contribution in [-0.4, -0.2) is 29.8 Å². The second-order valence-electron chi connectivity index (χ2n) is 5.86. The lowest BCUT2D eigenvalue weighted by Gasteiger charge is -2.21. The number of nitrogens with zero attached hydrogens (tertiary/aromatic N) is 2. The predicted octanol–water partition coefficient (Wildman–Crippen LogP) is 3.58. The van der Waals surface area contributed by atoms with Gasteiger partial charge < -0.3 is 14.6 Å². The Labute approximate surface area is 127 Å². The maximum absolute atomic E-state index is 5.75. The van der Waals surface area contributed by atoms with Crippen LogP contribution in [0, 0.1) is 0 Å². The molecule has 1 aliphatic carbocycles. The van der Waals surface area contributed by atoms with E-state index in [-0.39, 0.29) is 6.10 Å². The molecule has 5 nitrogen and oxygen atoms in total. The molecule has 0 aliphatic heterocycles. The molecule has 0 spiro atoms. The highest BCUT2D eigenvalue weighted by atomic mass is 16.5. The van der Waals surface area contributed by atoms with E-state index in [9.17, 15) is 0 Å². The van der Waals surface area contributed by atoms with Gasteiger partial charge in [0.15, 0.2) is 0 Å². The minimum Gasteiger partial charge on any atom is -0.370 e. The minimum absolute atomic E-state index is 0.0312. The molecule has 1 saturated carbocycles. The Kier molecular flexibility index (Phi) is 6.64. The van der Waals surface area contributed by atoms with Gasteiger partial charge in [0, 0.05) is 12.6 Å². The van der Waals surface area contributed by atoms with E-state index in [0.717, 1.165) is 25.2 Å². The van der Waals surface area contributed by atoms with Gasteiger partial charge >= 0.3 is 0 Å². The van der Waals surface area contributed by atoms with Crippen LogP contribution < -0.4 is 5.32 Å². The van der Waals surface area contributed by atoms with Crippen molar-refractivity contribution in [2.24, 2.45) is 0 Å². The number of nitrogens with one attached hydrogen (secondary N) is 1. The van der Waals surface area contributed by atoms with Crippen molar-refractivity contribution < 1.29 is 9.26 Å². The third-order valence-corrected chi connectivity index (χ3v) is 4.37. The quantitative estimate of drug-likeness (QED) is 0.779. The lowest BCUT2D eigenvalue weighted by Crippen LogP contribution is -2.31. The van der Waals surface area contributed by atoms with E-state index in [0.29, 0.717) is 24.4 Å². The van der Waals surface area contributed by atoms with Gasteiger partial charge in [0.1, 0.15) is 6.10 Å². The van der Waals surface area contributed by atoms with E-state index in [1.807, 2.05) is 14.0 Å². The van der Waals surface area contributed by atoms with Crippen molar-refractivity contribution in [1.29, 1.82) is 0 Å². The van der Waals surface area contributed by atoms with Crippen molar-refractivity contribution in [2.75, 3.05) is 13.7 Å². The van der Waals surface area contributed by atoms with Gasteiger partial charge in [0.05, 0.1) is 5.92 Å². The van der Waals surface area contributed by atoms with Gasteiger partial charge in [-0.3, -0.25) is 0 Å². The Hall–Kier alpha value is -0.940. The molecule has 1 fully saturated rings. The Balaban J connectivity index is 2.12. The summed E-state index contributed by atoms with van der Waals surface area (Å²) in [5.41, 5.74) is 0. The molecule has 120 valence electrons. The molecule has 1 aromatic rings. The monoisotopic (exact) mass is 295 g/mol. The van der Waals surface area contributed by atoms with Gasteiger partial charge in [-0.05, 0) is 33.2 Å². The van der Waals surface area contributed by atoms with Gasteiger partial charge in [0.25, 0.3) is 0 Å². The average Bonchev–Trinajstić information content (AvgIpc) is 2.85. The van der Waals surface area contributed by atoms with Crippen LogP contribution in [0.5, 0.6) is 0 Å². The van der Waals surface area contributed by atoms with Gasteiger partial charge in [-0.25, -0.2) is 0 Å². The summed E-state index contributed by atoms with van der Waals surface area (Å²) in [6.07, 6.45) is 8.08. The van der Waals surface area contributed by atoms with E-state index < -0.39 is 0 Å². The number of ether oxygens (including phenoxy) is 1. The first kappa shape index (κ1) is 16.4. The first-order chi connectivity index (χ1) is 10.3. The molecule has 3 atom stereocenters. The van der Waals surface area contributed by atoms with Crippen LogP contribution in [0.25, 0.3) is 0 Å². The van der Waals surface area contributed by atoms with E-state index in [1.54, 1.807) is 0 Å². The smallest absolute Gasteiger partial charge is 0.231 e. The summed E-state index contributed by atoms with van der Waals surface area (Å²) in [7, 11) is 2.03. The molecule has 21 heavy (non-hydrogen) atoms. The van der Waals surface area contributed by atoms with E-state index in [2.05, 4.69) is 22.4 Å². The van der Waals surface area contributed by atoms with Gasteiger partial charge in [-0.2, -0.15) is 4.98 Å². The highest BCUT2D eigenvalue weighted by molar-refractivity contribution is 5.02. The third kappa shape index (κ3) is 4.27. The molecule has 0 bridgehead atoms. The molecule has 1 aliphatic rings. The van der Waals surface area contributed by atoms with E-state index >= 15 is 0 Å². The third-order valence-electron chi connectivity index (χ3n) is 4.37. The first-order valence-electron chi connectivity index (χ1n) is 8.42. The van der Waals surface area contributed by atoms with Crippen molar-refractivity contribution in [1.82, 2.24) is 15.5 Å². The summed E-state index contributed by atoms with van der Waals surface area (Å²) >= 11 is 0. The lowest BCUT2D eigenvalue weighted by atomic mass is 9.95. The standard InChI is InChI=1S/C16H29N3O2/c1-4-9-14(20-5-2)15-18-16(21-19-15)12-10-7-6-8-11-13(12)17-3/h12-14,17H,4-11H2,1-3H3. The fourth-order valence-corrected chi connectivity index (χ4v) is 3.23. The van der Waals surface area contributed by atoms with Crippen LogP contribution in [0.3, 0.4) is 0 Å². The Morgan fingerprint density at radius 2 is 2.10 bits per heavy atom. The lowest BCUT2D eigenvalue weighted by molar-refractivity contribution is 0.0477. The molecular weight excluding hydrogens is 266 g/mol. The number of rotatable bonds is 7. The Bertz CT molecular complexity index is 402. The molecule has 0 aromatic carbocycles. The largest absolute Gasteiger partial charge is 0.370 e. The highest BCUT2D eigenvalue weighted by Gasteiger charge is 2.29. The Morgan fingerprint density at radius 3 is 2.81 bits per heavy atom. The summed E-state index contributed by atoms with van der Waals surface area (Å²) in [6, 6.07) is 0.442. The SMILES string of the molecule is CCCC(OCC)c1noc(C2CCCCCC2NC)n1. The normalized spacial score (nSPS) is 24.7. The summed E-state index contributed by atoms with van der Waals surface area (Å²) in [5, 5.41) is 7.61. The van der Waals surface area contributed by atoms with Gasteiger partial charge in [-0.15, -0.1) is 0 Å².